The maximum atomic E-state index is 13.0. The quantitative estimate of drug-likeness (QED) is 0.273. The fourth-order valence-corrected chi connectivity index (χ4v) is 4.53. The highest BCUT2D eigenvalue weighted by Crippen LogP contribution is 2.43. The predicted molar refractivity (Wildman–Crippen MR) is 120 cm³/mol. The van der Waals surface area contributed by atoms with E-state index in [9.17, 15) is 24.0 Å². The zero-order chi connectivity index (χ0) is 26.1. The van der Waals surface area contributed by atoms with Gasteiger partial charge >= 0.3 is 22.8 Å². The van der Waals surface area contributed by atoms with Crippen LogP contribution in [0.2, 0.25) is 0 Å². The van der Waals surface area contributed by atoms with Crippen LogP contribution in [0.4, 0.5) is 5.95 Å². The maximum Gasteiger partial charge on any atom is 0.311 e. The molecule has 35 heavy (non-hydrogen) atoms. The Hall–Kier alpha value is -3.72. The van der Waals surface area contributed by atoms with Gasteiger partial charge in [-0.05, 0) is 6.92 Å². The van der Waals surface area contributed by atoms with Crippen LogP contribution < -0.4 is 16.2 Å². The SMILES string of the molecule is C=C(C)OC[C@]1(OC(C)=O)[C@@H](COC(C)=O)O[C@@H](n2c(=O)sc3c(=O)[nH]c(N)nc32)[C@@H]1OC(C)=O. The first-order valence-electron chi connectivity index (χ1n) is 10.2. The van der Waals surface area contributed by atoms with Gasteiger partial charge in [0.1, 0.15) is 24.0 Å². The summed E-state index contributed by atoms with van der Waals surface area (Å²) in [5.41, 5.74) is 2.97. The largest absolute Gasteiger partial charge is 0.494 e. The minimum atomic E-state index is -1.89. The molecule has 0 bridgehead atoms. The lowest BCUT2D eigenvalue weighted by Crippen LogP contribution is -2.57. The fraction of sp³-hybridized carbons (Fsp3) is 0.500. The van der Waals surface area contributed by atoms with Gasteiger partial charge in [-0.25, -0.2) is 0 Å². The second kappa shape index (κ2) is 9.87. The number of ether oxygens (including phenoxy) is 5. The van der Waals surface area contributed by atoms with Gasteiger partial charge in [0.05, 0.1) is 5.76 Å². The van der Waals surface area contributed by atoms with E-state index >= 15 is 0 Å². The molecule has 3 rings (SSSR count). The lowest BCUT2D eigenvalue weighted by molar-refractivity contribution is -0.196. The van der Waals surface area contributed by atoms with Crippen LogP contribution in [0.25, 0.3) is 10.3 Å². The molecule has 0 aliphatic carbocycles. The number of allylic oxidation sites excluding steroid dienone is 1. The number of rotatable bonds is 8. The van der Waals surface area contributed by atoms with Crippen molar-refractivity contribution in [2.24, 2.45) is 0 Å². The van der Waals surface area contributed by atoms with Gasteiger partial charge in [0.15, 0.2) is 18.0 Å². The number of aromatic nitrogens is 3. The van der Waals surface area contributed by atoms with Crippen LogP contribution in [0.3, 0.4) is 0 Å². The minimum Gasteiger partial charge on any atom is -0.494 e. The average Bonchev–Trinajstić information content (AvgIpc) is 3.19. The van der Waals surface area contributed by atoms with Gasteiger partial charge in [0, 0.05) is 20.8 Å². The first-order valence-corrected chi connectivity index (χ1v) is 11.0. The summed E-state index contributed by atoms with van der Waals surface area (Å²) in [6.07, 6.45) is -4.24. The standard InChI is InChI=1S/C20H24N4O10S/c1-8(2)31-7-20(34-11(5)27)12(6-30-9(3)25)33-17(14(20)32-10(4)26)24-15-13(35-19(24)29)16(28)23-18(21)22-15/h12,14,17H,1,6-7H2,2-5H3,(H3,21,22,23,28)/t12-,14+,17-,20+/m1/s1. The molecule has 15 heteroatoms. The molecule has 0 unspecified atom stereocenters. The summed E-state index contributed by atoms with van der Waals surface area (Å²) in [5.74, 6) is -2.32. The van der Waals surface area contributed by atoms with Crippen molar-refractivity contribution in [1.29, 1.82) is 0 Å². The lowest BCUT2D eigenvalue weighted by atomic mass is 9.92. The third kappa shape index (κ3) is 5.19. The van der Waals surface area contributed by atoms with Crippen LogP contribution in [-0.4, -0.2) is 63.5 Å². The van der Waals surface area contributed by atoms with E-state index in [1.165, 1.54) is 6.92 Å². The Morgan fingerprint density at radius 2 is 1.86 bits per heavy atom. The molecule has 3 heterocycles. The molecule has 1 saturated heterocycles. The molecule has 0 radical (unpaired) electrons. The average molecular weight is 512 g/mol. The fourth-order valence-electron chi connectivity index (χ4n) is 3.69. The molecule has 1 aliphatic heterocycles. The van der Waals surface area contributed by atoms with E-state index in [2.05, 4.69) is 16.5 Å². The van der Waals surface area contributed by atoms with Gasteiger partial charge < -0.3 is 29.4 Å². The van der Waals surface area contributed by atoms with E-state index in [0.717, 1.165) is 25.3 Å². The number of anilines is 1. The monoisotopic (exact) mass is 512 g/mol. The molecule has 2 aromatic heterocycles. The number of carbonyl (C=O) groups excluding carboxylic acids is 3. The van der Waals surface area contributed by atoms with Gasteiger partial charge in [-0.3, -0.25) is 33.5 Å². The zero-order valence-electron chi connectivity index (χ0n) is 19.3. The van der Waals surface area contributed by atoms with Crippen molar-refractivity contribution >= 4 is 45.5 Å². The highest BCUT2D eigenvalue weighted by Gasteiger charge is 2.64. The molecule has 14 nitrogen and oxygen atoms in total. The van der Waals surface area contributed by atoms with Crippen molar-refractivity contribution in [2.75, 3.05) is 18.9 Å². The molecule has 0 saturated carbocycles. The van der Waals surface area contributed by atoms with Gasteiger partial charge in [-0.1, -0.05) is 17.9 Å². The summed E-state index contributed by atoms with van der Waals surface area (Å²) >= 11 is 0.560. The first-order chi connectivity index (χ1) is 16.4. The Morgan fingerprint density at radius 3 is 2.43 bits per heavy atom. The summed E-state index contributed by atoms with van der Waals surface area (Å²) in [6.45, 7) is 7.65. The molecular formula is C20H24N4O10S. The summed E-state index contributed by atoms with van der Waals surface area (Å²) in [5, 5.41) is 0. The molecule has 4 atom stereocenters. The Balaban J connectivity index is 2.27. The Bertz CT molecular complexity index is 1300. The van der Waals surface area contributed by atoms with Crippen LogP contribution in [0.15, 0.2) is 21.9 Å². The van der Waals surface area contributed by atoms with Crippen molar-refractivity contribution in [2.45, 2.75) is 51.7 Å². The minimum absolute atomic E-state index is 0.0610. The smallest absolute Gasteiger partial charge is 0.311 e. The predicted octanol–water partition coefficient (Wildman–Crippen LogP) is -0.0272. The van der Waals surface area contributed by atoms with Crippen molar-refractivity contribution < 1.29 is 38.1 Å². The highest BCUT2D eigenvalue weighted by molar-refractivity contribution is 7.16. The van der Waals surface area contributed by atoms with Crippen molar-refractivity contribution in [3.8, 4) is 0 Å². The van der Waals surface area contributed by atoms with Crippen molar-refractivity contribution in [1.82, 2.24) is 14.5 Å². The van der Waals surface area contributed by atoms with E-state index in [4.69, 9.17) is 29.4 Å². The van der Waals surface area contributed by atoms with Crippen LogP contribution >= 0.6 is 11.3 Å². The molecule has 2 aromatic rings. The van der Waals surface area contributed by atoms with Crippen LogP contribution in [-0.2, 0) is 38.1 Å². The van der Waals surface area contributed by atoms with Gasteiger partial charge in [-0.15, -0.1) is 0 Å². The number of carbonyl (C=O) groups is 3. The molecule has 0 aromatic carbocycles. The number of nitrogens with zero attached hydrogens (tertiary/aromatic N) is 2. The second-order valence-corrected chi connectivity index (χ2v) is 8.69. The number of nitrogen functional groups attached to an aromatic ring is 1. The molecule has 0 spiro atoms. The number of thiazole rings is 1. The normalized spacial score (nSPS) is 23.6. The maximum absolute atomic E-state index is 13.0. The van der Waals surface area contributed by atoms with Gasteiger partial charge in [0.25, 0.3) is 5.56 Å². The number of hydrogen-bond donors (Lipinski definition) is 2. The Labute approximate surface area is 201 Å². The number of H-pyrrole nitrogens is 1. The Kier molecular flexibility index (Phi) is 7.30. The summed E-state index contributed by atoms with van der Waals surface area (Å²) < 4.78 is 28.7. The van der Waals surface area contributed by atoms with Gasteiger partial charge in [0.2, 0.25) is 11.5 Å². The number of nitrogens with two attached hydrogens (primary N) is 1. The van der Waals surface area contributed by atoms with E-state index in [1.54, 1.807) is 0 Å². The van der Waals surface area contributed by atoms with E-state index in [0.29, 0.717) is 11.3 Å². The zero-order valence-corrected chi connectivity index (χ0v) is 20.1. The highest BCUT2D eigenvalue weighted by atomic mass is 32.1. The number of hydrogen-bond acceptors (Lipinski definition) is 13. The van der Waals surface area contributed by atoms with E-state index < -0.39 is 65.6 Å². The Morgan fingerprint density at radius 1 is 1.17 bits per heavy atom. The van der Waals surface area contributed by atoms with Crippen LogP contribution in [0, 0.1) is 0 Å². The molecule has 1 fully saturated rings. The molecule has 1 aliphatic rings. The number of aromatic amines is 1. The van der Waals surface area contributed by atoms with Crippen molar-refractivity contribution in [3.05, 3.63) is 32.4 Å². The number of nitrogens with one attached hydrogen (secondary N) is 1. The first kappa shape index (κ1) is 25.9. The molecular weight excluding hydrogens is 488 g/mol. The van der Waals surface area contributed by atoms with Gasteiger partial charge in [-0.2, -0.15) is 4.98 Å². The molecule has 190 valence electrons. The lowest BCUT2D eigenvalue weighted by Gasteiger charge is -2.36. The van der Waals surface area contributed by atoms with E-state index in [1.807, 2.05) is 0 Å². The summed E-state index contributed by atoms with van der Waals surface area (Å²) in [6, 6.07) is 0. The summed E-state index contributed by atoms with van der Waals surface area (Å²) in [7, 11) is 0. The second-order valence-electron chi connectivity index (χ2n) is 7.73. The number of fused-ring (bicyclic) bond motifs is 1. The molecule has 3 N–H and O–H groups in total. The van der Waals surface area contributed by atoms with Crippen LogP contribution in [0.5, 0.6) is 0 Å². The molecule has 0 amide bonds. The van der Waals surface area contributed by atoms with Crippen molar-refractivity contribution in [3.63, 3.8) is 0 Å². The summed E-state index contributed by atoms with van der Waals surface area (Å²) in [4.78, 5) is 66.8. The topological polar surface area (TPSA) is 191 Å². The third-order valence-electron chi connectivity index (χ3n) is 4.94. The third-order valence-corrected chi connectivity index (χ3v) is 5.89. The van der Waals surface area contributed by atoms with E-state index in [-0.39, 0.29) is 22.1 Å². The van der Waals surface area contributed by atoms with Crippen LogP contribution in [0.1, 0.15) is 33.9 Å². The number of esters is 3.